The van der Waals surface area contributed by atoms with Gasteiger partial charge in [0, 0.05) is 0 Å². The lowest BCUT2D eigenvalue weighted by molar-refractivity contribution is 0.195. The largest absolute Gasteiger partial charge is 0.504 e. The second-order valence-electron chi connectivity index (χ2n) is 6.96. The van der Waals surface area contributed by atoms with E-state index in [0.29, 0.717) is 17.6 Å². The van der Waals surface area contributed by atoms with Crippen LogP contribution in [0, 0.1) is 11.8 Å². The number of hydrogen-bond acceptors (Lipinski definition) is 2. The van der Waals surface area contributed by atoms with Crippen LogP contribution in [0.25, 0.3) is 0 Å². The van der Waals surface area contributed by atoms with Crippen molar-refractivity contribution in [1.82, 2.24) is 0 Å². The van der Waals surface area contributed by atoms with E-state index < -0.39 is 0 Å². The van der Waals surface area contributed by atoms with Crippen molar-refractivity contribution in [3.05, 3.63) is 23.3 Å². The number of benzene rings is 1. The summed E-state index contributed by atoms with van der Waals surface area (Å²) >= 11 is 0. The van der Waals surface area contributed by atoms with E-state index in [2.05, 4.69) is 26.8 Å². The Hall–Kier alpha value is -1.18. The maximum Gasteiger partial charge on any atom is 0.160 e. The first-order chi connectivity index (χ1) is 8.95. The first-order valence-electron chi connectivity index (χ1n) is 7.36. The van der Waals surface area contributed by atoms with E-state index >= 15 is 0 Å². The van der Waals surface area contributed by atoms with E-state index in [4.69, 9.17) is 4.74 Å². The second kappa shape index (κ2) is 4.16. The molecule has 0 heterocycles. The highest BCUT2D eigenvalue weighted by molar-refractivity contribution is 5.54. The van der Waals surface area contributed by atoms with E-state index in [1.807, 2.05) is 6.07 Å². The molecular formula is C17H24O2. The third kappa shape index (κ3) is 1.76. The molecule has 2 aliphatic rings. The summed E-state index contributed by atoms with van der Waals surface area (Å²) in [7, 11) is 1.63. The summed E-state index contributed by atoms with van der Waals surface area (Å²) in [4.78, 5) is 0. The summed E-state index contributed by atoms with van der Waals surface area (Å²) in [6, 6.07) is 4.02. The number of fused-ring (bicyclic) bond motifs is 3. The number of methoxy groups -OCH3 is 1. The lowest BCUT2D eigenvalue weighted by Crippen LogP contribution is -2.30. The zero-order valence-corrected chi connectivity index (χ0v) is 12.4. The van der Waals surface area contributed by atoms with Gasteiger partial charge in [-0.05, 0) is 59.3 Å². The van der Waals surface area contributed by atoms with Gasteiger partial charge < -0.3 is 9.84 Å². The Morgan fingerprint density at radius 3 is 2.68 bits per heavy atom. The van der Waals surface area contributed by atoms with Gasteiger partial charge in [-0.2, -0.15) is 0 Å². The van der Waals surface area contributed by atoms with Gasteiger partial charge >= 0.3 is 0 Å². The average Bonchev–Trinajstić information content (AvgIpc) is 2.57. The highest BCUT2D eigenvalue weighted by atomic mass is 16.5. The molecule has 104 valence electrons. The molecule has 0 aromatic heterocycles. The summed E-state index contributed by atoms with van der Waals surface area (Å²) < 4.78 is 5.29. The van der Waals surface area contributed by atoms with Crippen LogP contribution >= 0.6 is 0 Å². The van der Waals surface area contributed by atoms with E-state index in [-0.39, 0.29) is 11.2 Å². The summed E-state index contributed by atoms with van der Waals surface area (Å²) in [5, 5.41) is 10.1. The standard InChI is InChI=1S/C17H24O2/c1-10-5-6-13-11(7-10)12-8-16(19-4)15(18)9-14(12)17(13,2)3/h8-11,13,18H,5-7H2,1-4H3/t10-,11+,13-/m0/s1. The van der Waals surface area contributed by atoms with Crippen molar-refractivity contribution in [2.24, 2.45) is 11.8 Å². The van der Waals surface area contributed by atoms with Crippen molar-refractivity contribution in [2.45, 2.75) is 51.4 Å². The van der Waals surface area contributed by atoms with Crippen molar-refractivity contribution < 1.29 is 9.84 Å². The molecule has 0 radical (unpaired) electrons. The molecule has 1 aromatic carbocycles. The molecule has 3 rings (SSSR count). The minimum absolute atomic E-state index is 0.171. The third-order valence-corrected chi connectivity index (χ3v) is 5.48. The zero-order valence-electron chi connectivity index (χ0n) is 12.4. The quantitative estimate of drug-likeness (QED) is 0.819. The first-order valence-corrected chi connectivity index (χ1v) is 7.36. The molecule has 3 atom stereocenters. The van der Waals surface area contributed by atoms with Gasteiger partial charge in [-0.15, -0.1) is 0 Å². The summed E-state index contributed by atoms with van der Waals surface area (Å²) in [5.41, 5.74) is 2.91. The highest BCUT2D eigenvalue weighted by Crippen LogP contribution is 2.58. The van der Waals surface area contributed by atoms with Gasteiger partial charge in [0.25, 0.3) is 0 Å². The van der Waals surface area contributed by atoms with E-state index in [1.165, 1.54) is 30.4 Å². The SMILES string of the molecule is COc1cc2c(cc1O)C(C)(C)[C@H]1CC[C@H](C)C[C@H]21. The van der Waals surface area contributed by atoms with Crippen LogP contribution in [0.4, 0.5) is 0 Å². The van der Waals surface area contributed by atoms with Crippen molar-refractivity contribution in [1.29, 1.82) is 0 Å². The molecule has 1 fully saturated rings. The minimum atomic E-state index is 0.171. The Labute approximate surface area is 115 Å². The fourth-order valence-electron chi connectivity index (χ4n) is 4.40. The van der Waals surface area contributed by atoms with E-state index in [9.17, 15) is 5.11 Å². The normalized spacial score (nSPS) is 31.7. The maximum absolute atomic E-state index is 10.1. The lowest BCUT2D eigenvalue weighted by atomic mass is 9.67. The molecule has 1 aromatic rings. The number of rotatable bonds is 1. The number of phenolic OH excluding ortho intramolecular Hbond substituents is 1. The molecule has 2 nitrogen and oxygen atoms in total. The van der Waals surface area contributed by atoms with Crippen molar-refractivity contribution in [2.75, 3.05) is 7.11 Å². The molecule has 0 unspecified atom stereocenters. The maximum atomic E-state index is 10.1. The van der Waals surface area contributed by atoms with Gasteiger partial charge in [0.05, 0.1) is 7.11 Å². The molecule has 0 bridgehead atoms. The molecule has 0 aliphatic heterocycles. The van der Waals surface area contributed by atoms with Crippen LogP contribution in [0.3, 0.4) is 0 Å². The molecule has 2 heteroatoms. The number of hydrogen-bond donors (Lipinski definition) is 1. The lowest BCUT2D eigenvalue weighted by Gasteiger charge is -2.37. The van der Waals surface area contributed by atoms with Crippen LogP contribution in [-0.2, 0) is 5.41 Å². The fourth-order valence-corrected chi connectivity index (χ4v) is 4.40. The van der Waals surface area contributed by atoms with Crippen molar-refractivity contribution >= 4 is 0 Å². The number of aromatic hydroxyl groups is 1. The van der Waals surface area contributed by atoms with Gasteiger partial charge in [-0.25, -0.2) is 0 Å². The minimum Gasteiger partial charge on any atom is -0.504 e. The topological polar surface area (TPSA) is 29.5 Å². The van der Waals surface area contributed by atoms with Crippen LogP contribution in [0.2, 0.25) is 0 Å². The Morgan fingerprint density at radius 1 is 1.26 bits per heavy atom. The molecule has 1 saturated carbocycles. The molecule has 1 N–H and O–H groups in total. The zero-order chi connectivity index (χ0) is 13.8. The fraction of sp³-hybridized carbons (Fsp3) is 0.647. The van der Waals surface area contributed by atoms with Crippen LogP contribution in [-0.4, -0.2) is 12.2 Å². The molecule has 0 spiro atoms. The average molecular weight is 260 g/mol. The van der Waals surface area contributed by atoms with Gasteiger partial charge in [0.15, 0.2) is 11.5 Å². The van der Waals surface area contributed by atoms with Gasteiger partial charge in [0.2, 0.25) is 0 Å². The Morgan fingerprint density at radius 2 is 2.00 bits per heavy atom. The van der Waals surface area contributed by atoms with E-state index in [0.717, 1.165) is 5.92 Å². The van der Waals surface area contributed by atoms with Gasteiger partial charge in [-0.1, -0.05) is 27.2 Å². The Kier molecular flexibility index (Phi) is 2.81. The van der Waals surface area contributed by atoms with Crippen LogP contribution in [0.1, 0.15) is 57.1 Å². The van der Waals surface area contributed by atoms with Gasteiger partial charge in [-0.3, -0.25) is 0 Å². The summed E-state index contributed by atoms with van der Waals surface area (Å²) in [5.74, 6) is 3.06. The number of ether oxygens (including phenoxy) is 1. The molecule has 0 amide bonds. The third-order valence-electron chi connectivity index (χ3n) is 5.48. The smallest absolute Gasteiger partial charge is 0.160 e. The molecule has 0 saturated heterocycles. The summed E-state index contributed by atoms with van der Waals surface area (Å²) in [6.45, 7) is 7.02. The summed E-state index contributed by atoms with van der Waals surface area (Å²) in [6.07, 6.45) is 3.91. The van der Waals surface area contributed by atoms with Gasteiger partial charge in [0.1, 0.15) is 0 Å². The monoisotopic (exact) mass is 260 g/mol. The first kappa shape index (κ1) is 12.8. The van der Waals surface area contributed by atoms with Crippen molar-refractivity contribution in [3.63, 3.8) is 0 Å². The Bertz CT molecular complexity index is 504. The molecular weight excluding hydrogens is 236 g/mol. The molecule has 2 aliphatic carbocycles. The predicted molar refractivity (Wildman–Crippen MR) is 76.9 cm³/mol. The Balaban J connectivity index is 2.13. The van der Waals surface area contributed by atoms with E-state index in [1.54, 1.807) is 7.11 Å². The second-order valence-corrected chi connectivity index (χ2v) is 6.96. The predicted octanol–water partition coefficient (Wildman–Crippen LogP) is 4.21. The highest BCUT2D eigenvalue weighted by Gasteiger charge is 2.48. The molecule has 19 heavy (non-hydrogen) atoms. The van der Waals surface area contributed by atoms with Crippen LogP contribution < -0.4 is 4.74 Å². The van der Waals surface area contributed by atoms with Crippen molar-refractivity contribution in [3.8, 4) is 11.5 Å². The number of phenols is 1. The van der Waals surface area contributed by atoms with Crippen LogP contribution in [0.15, 0.2) is 12.1 Å². The van der Waals surface area contributed by atoms with Crippen LogP contribution in [0.5, 0.6) is 11.5 Å².